The summed E-state index contributed by atoms with van der Waals surface area (Å²) in [7, 11) is 0. The van der Waals surface area contributed by atoms with Crippen LogP contribution in [0.3, 0.4) is 0 Å². The summed E-state index contributed by atoms with van der Waals surface area (Å²) in [6, 6.07) is 14.2. The summed E-state index contributed by atoms with van der Waals surface area (Å²) in [4.78, 5) is 0. The van der Waals surface area contributed by atoms with Gasteiger partial charge in [0.2, 0.25) is 6.79 Å². The van der Waals surface area contributed by atoms with E-state index >= 15 is 0 Å². The highest BCUT2D eigenvalue weighted by Crippen LogP contribution is 2.35. The highest BCUT2D eigenvalue weighted by Gasteiger charge is 2.18. The molecule has 21 heavy (non-hydrogen) atoms. The van der Waals surface area contributed by atoms with E-state index < -0.39 is 0 Å². The van der Waals surface area contributed by atoms with Crippen LogP contribution in [0.1, 0.15) is 30.5 Å². The normalized spacial score (nSPS) is 14.2. The van der Waals surface area contributed by atoms with Crippen LogP contribution in [-0.2, 0) is 0 Å². The Morgan fingerprint density at radius 3 is 2.52 bits per heavy atom. The molecule has 3 nitrogen and oxygen atoms in total. The number of hydrogen-bond acceptors (Lipinski definition) is 3. The van der Waals surface area contributed by atoms with Crippen molar-refractivity contribution in [3.8, 4) is 11.5 Å². The molecule has 0 amide bonds. The summed E-state index contributed by atoms with van der Waals surface area (Å²) < 4.78 is 10.9. The molecule has 0 aliphatic carbocycles. The smallest absolute Gasteiger partial charge is 0.231 e. The monoisotopic (exact) mass is 303 g/mol. The minimum atomic E-state index is 0.122. The van der Waals surface area contributed by atoms with E-state index in [0.717, 1.165) is 35.1 Å². The van der Waals surface area contributed by atoms with Crippen LogP contribution in [0.2, 0.25) is 5.02 Å². The Bertz CT molecular complexity index is 613. The van der Waals surface area contributed by atoms with Gasteiger partial charge in [0.15, 0.2) is 11.5 Å². The van der Waals surface area contributed by atoms with Crippen LogP contribution in [0.15, 0.2) is 42.5 Å². The lowest BCUT2D eigenvalue weighted by atomic mass is 9.98. The molecule has 1 atom stereocenters. The van der Waals surface area contributed by atoms with Crippen molar-refractivity contribution in [2.45, 2.75) is 19.4 Å². The van der Waals surface area contributed by atoms with Crippen molar-refractivity contribution in [1.29, 1.82) is 0 Å². The Balaban J connectivity index is 1.93. The number of halogens is 1. The molecule has 2 aromatic carbocycles. The first-order valence-corrected chi connectivity index (χ1v) is 7.54. The van der Waals surface area contributed by atoms with Crippen molar-refractivity contribution < 1.29 is 9.47 Å². The number of ether oxygens (including phenoxy) is 2. The van der Waals surface area contributed by atoms with Gasteiger partial charge < -0.3 is 14.8 Å². The van der Waals surface area contributed by atoms with Gasteiger partial charge in [-0.2, -0.15) is 0 Å². The third-order valence-corrected chi connectivity index (χ3v) is 3.78. The Hall–Kier alpha value is -1.71. The van der Waals surface area contributed by atoms with Gasteiger partial charge >= 0.3 is 0 Å². The molecule has 0 radical (unpaired) electrons. The number of benzene rings is 2. The topological polar surface area (TPSA) is 30.5 Å². The molecule has 1 N–H and O–H groups in total. The zero-order chi connectivity index (χ0) is 14.7. The molecule has 0 bridgehead atoms. The fourth-order valence-corrected chi connectivity index (χ4v) is 2.59. The molecule has 1 aliphatic heterocycles. The third-order valence-electron chi connectivity index (χ3n) is 3.53. The molecule has 0 fully saturated rings. The molecule has 1 unspecified atom stereocenters. The van der Waals surface area contributed by atoms with Crippen LogP contribution >= 0.6 is 11.6 Å². The minimum Gasteiger partial charge on any atom is -0.454 e. The lowest BCUT2D eigenvalue weighted by Crippen LogP contribution is -2.23. The number of hydrogen-bond donors (Lipinski definition) is 1. The third kappa shape index (κ3) is 3.14. The molecule has 3 rings (SSSR count). The van der Waals surface area contributed by atoms with Crippen LogP contribution in [0.25, 0.3) is 0 Å². The maximum Gasteiger partial charge on any atom is 0.231 e. The first kappa shape index (κ1) is 14.2. The highest BCUT2D eigenvalue weighted by atomic mass is 35.5. The lowest BCUT2D eigenvalue weighted by Gasteiger charge is -2.20. The van der Waals surface area contributed by atoms with E-state index in [1.807, 2.05) is 24.3 Å². The van der Waals surface area contributed by atoms with E-state index in [1.165, 1.54) is 5.56 Å². The summed E-state index contributed by atoms with van der Waals surface area (Å²) in [6.07, 6.45) is 1.08. The first-order chi connectivity index (χ1) is 10.3. The predicted molar refractivity (Wildman–Crippen MR) is 84.2 cm³/mol. The summed E-state index contributed by atoms with van der Waals surface area (Å²) in [5.74, 6) is 1.62. The molecule has 4 heteroatoms. The SMILES string of the molecule is CCCNC(c1ccc(Cl)cc1)c1ccc2c(c1)OCO2. The lowest BCUT2D eigenvalue weighted by molar-refractivity contribution is 0.174. The average molecular weight is 304 g/mol. The zero-order valence-electron chi connectivity index (χ0n) is 11.9. The average Bonchev–Trinajstić information content (AvgIpc) is 2.97. The second kappa shape index (κ2) is 6.37. The Kier molecular flexibility index (Phi) is 4.32. The standard InChI is InChI=1S/C17H18ClNO2/c1-2-9-19-17(12-3-6-14(18)7-4-12)13-5-8-15-16(10-13)21-11-20-15/h3-8,10,17,19H,2,9,11H2,1H3. The van der Waals surface area contributed by atoms with Crippen LogP contribution in [0.5, 0.6) is 11.5 Å². The quantitative estimate of drug-likeness (QED) is 0.900. The molecular formula is C17H18ClNO2. The number of nitrogens with one attached hydrogen (secondary N) is 1. The predicted octanol–water partition coefficient (Wildman–Crippen LogP) is 4.16. The first-order valence-electron chi connectivity index (χ1n) is 7.16. The van der Waals surface area contributed by atoms with Crippen LogP contribution in [-0.4, -0.2) is 13.3 Å². The van der Waals surface area contributed by atoms with E-state index in [4.69, 9.17) is 21.1 Å². The summed E-state index contributed by atoms with van der Waals surface area (Å²) in [6.45, 7) is 3.40. The molecule has 0 spiro atoms. The van der Waals surface area contributed by atoms with Crippen molar-refractivity contribution in [1.82, 2.24) is 5.32 Å². The molecule has 1 heterocycles. The molecule has 0 saturated carbocycles. The maximum atomic E-state index is 5.99. The van der Waals surface area contributed by atoms with Crippen molar-refractivity contribution in [2.24, 2.45) is 0 Å². The van der Waals surface area contributed by atoms with Gasteiger partial charge in [-0.1, -0.05) is 36.7 Å². The van der Waals surface area contributed by atoms with Crippen LogP contribution in [0, 0.1) is 0 Å². The van der Waals surface area contributed by atoms with E-state index in [2.05, 4.69) is 30.4 Å². The largest absolute Gasteiger partial charge is 0.454 e. The second-order valence-corrected chi connectivity index (χ2v) is 5.49. The van der Waals surface area contributed by atoms with Crippen molar-refractivity contribution >= 4 is 11.6 Å². The van der Waals surface area contributed by atoms with Crippen molar-refractivity contribution in [2.75, 3.05) is 13.3 Å². The molecule has 110 valence electrons. The Morgan fingerprint density at radius 1 is 1.05 bits per heavy atom. The maximum absolute atomic E-state index is 5.99. The van der Waals surface area contributed by atoms with Crippen molar-refractivity contribution in [3.05, 3.63) is 58.6 Å². The van der Waals surface area contributed by atoms with Gasteiger partial charge in [0.1, 0.15) is 0 Å². The minimum absolute atomic E-state index is 0.122. The fraction of sp³-hybridized carbons (Fsp3) is 0.294. The molecule has 2 aromatic rings. The van der Waals surface area contributed by atoms with Gasteiger partial charge in [0.05, 0.1) is 6.04 Å². The van der Waals surface area contributed by atoms with Crippen LogP contribution < -0.4 is 14.8 Å². The number of fused-ring (bicyclic) bond motifs is 1. The van der Waals surface area contributed by atoms with Gasteiger partial charge in [0.25, 0.3) is 0 Å². The van der Waals surface area contributed by atoms with Crippen molar-refractivity contribution in [3.63, 3.8) is 0 Å². The summed E-state index contributed by atoms with van der Waals surface area (Å²) >= 11 is 5.99. The molecule has 0 aromatic heterocycles. The summed E-state index contributed by atoms with van der Waals surface area (Å²) in [5, 5.41) is 4.32. The van der Waals surface area contributed by atoms with E-state index in [9.17, 15) is 0 Å². The van der Waals surface area contributed by atoms with Gasteiger partial charge in [-0.3, -0.25) is 0 Å². The Morgan fingerprint density at radius 2 is 1.76 bits per heavy atom. The molecular weight excluding hydrogens is 286 g/mol. The van der Waals surface area contributed by atoms with Gasteiger partial charge in [-0.25, -0.2) is 0 Å². The molecule has 1 aliphatic rings. The fourth-order valence-electron chi connectivity index (χ4n) is 2.46. The van der Waals surface area contributed by atoms with Crippen LogP contribution in [0.4, 0.5) is 0 Å². The molecule has 0 saturated heterocycles. The van der Waals surface area contributed by atoms with E-state index in [-0.39, 0.29) is 6.04 Å². The van der Waals surface area contributed by atoms with E-state index in [1.54, 1.807) is 0 Å². The highest BCUT2D eigenvalue weighted by molar-refractivity contribution is 6.30. The Labute approximate surface area is 129 Å². The zero-order valence-corrected chi connectivity index (χ0v) is 12.7. The van der Waals surface area contributed by atoms with Gasteiger partial charge in [0, 0.05) is 5.02 Å². The van der Waals surface area contributed by atoms with E-state index in [0.29, 0.717) is 6.79 Å². The summed E-state index contributed by atoms with van der Waals surface area (Å²) in [5.41, 5.74) is 2.35. The number of rotatable bonds is 5. The second-order valence-electron chi connectivity index (χ2n) is 5.05. The van der Waals surface area contributed by atoms with Gasteiger partial charge in [-0.15, -0.1) is 0 Å². The van der Waals surface area contributed by atoms with Gasteiger partial charge in [-0.05, 0) is 48.4 Å².